The van der Waals surface area contributed by atoms with Crippen LogP contribution in [-0.4, -0.2) is 18.7 Å². The molecule has 1 N–H and O–H groups in total. The normalized spacial score (nSPS) is 29.7. The van der Waals surface area contributed by atoms with Crippen LogP contribution >= 0.6 is 0 Å². The molecule has 3 unspecified atom stereocenters. The Kier molecular flexibility index (Phi) is 3.72. The molecule has 0 aliphatic heterocycles. The lowest BCUT2D eigenvalue weighted by atomic mass is 9.88. The lowest BCUT2D eigenvalue weighted by Crippen LogP contribution is -2.30. The van der Waals surface area contributed by atoms with Crippen molar-refractivity contribution >= 4 is 5.69 Å². The molecule has 0 heterocycles. The van der Waals surface area contributed by atoms with Crippen molar-refractivity contribution in [2.24, 2.45) is 17.8 Å². The van der Waals surface area contributed by atoms with Crippen LogP contribution in [-0.2, 0) is 0 Å². The molecular weight excluding hydrogens is 253 g/mol. The molecule has 2 nitrogen and oxygen atoms in total. The highest BCUT2D eigenvalue weighted by Gasteiger charge is 2.40. The molecule has 0 spiro atoms. The number of anilines is 1. The van der Waals surface area contributed by atoms with Crippen molar-refractivity contribution in [3.8, 4) is 0 Å². The Morgan fingerprint density at radius 1 is 1.35 bits per heavy atom. The summed E-state index contributed by atoms with van der Waals surface area (Å²) in [6.45, 7) is 2.60. The fraction of sp³-hybridized carbons (Fsp3) is 0.647. The van der Waals surface area contributed by atoms with Gasteiger partial charge in [-0.2, -0.15) is 0 Å². The number of hydrogen-bond donors (Lipinski definition) is 1. The largest absolute Gasteiger partial charge is 0.389 e. The molecule has 0 amide bonds. The van der Waals surface area contributed by atoms with Crippen LogP contribution in [0.3, 0.4) is 0 Å². The molecule has 4 atom stereocenters. The van der Waals surface area contributed by atoms with E-state index in [1.54, 1.807) is 13.0 Å². The van der Waals surface area contributed by atoms with Gasteiger partial charge in [0, 0.05) is 19.2 Å². The average molecular weight is 277 g/mol. The van der Waals surface area contributed by atoms with E-state index in [1.165, 1.54) is 31.7 Å². The number of para-hydroxylation sites is 1. The van der Waals surface area contributed by atoms with E-state index in [-0.39, 0.29) is 5.82 Å². The van der Waals surface area contributed by atoms with Crippen LogP contribution in [0.5, 0.6) is 0 Å². The van der Waals surface area contributed by atoms with E-state index in [2.05, 4.69) is 0 Å². The SMILES string of the molecule is C[C@@H](O)c1cccc(F)c1N(C)CC1CC2CCC1C2. The Morgan fingerprint density at radius 2 is 2.15 bits per heavy atom. The summed E-state index contributed by atoms with van der Waals surface area (Å²) in [4.78, 5) is 2.02. The minimum absolute atomic E-state index is 0.228. The molecule has 0 aromatic heterocycles. The fourth-order valence-electron chi connectivity index (χ4n) is 4.31. The van der Waals surface area contributed by atoms with Crippen LogP contribution in [0.25, 0.3) is 0 Å². The maximum Gasteiger partial charge on any atom is 0.146 e. The summed E-state index contributed by atoms with van der Waals surface area (Å²) in [6.07, 6.45) is 4.78. The average Bonchev–Trinajstić information content (AvgIpc) is 3.00. The number of halogens is 1. The van der Waals surface area contributed by atoms with Crippen molar-refractivity contribution in [3.63, 3.8) is 0 Å². The van der Waals surface area contributed by atoms with Crippen molar-refractivity contribution in [2.45, 2.75) is 38.7 Å². The van der Waals surface area contributed by atoms with Crippen LogP contribution in [0.1, 0.15) is 44.3 Å². The lowest BCUT2D eigenvalue weighted by molar-refractivity contribution is 0.199. The van der Waals surface area contributed by atoms with Gasteiger partial charge in [0.25, 0.3) is 0 Å². The smallest absolute Gasteiger partial charge is 0.146 e. The van der Waals surface area contributed by atoms with E-state index < -0.39 is 6.10 Å². The van der Waals surface area contributed by atoms with Crippen molar-refractivity contribution in [3.05, 3.63) is 29.6 Å². The molecule has 0 saturated heterocycles. The molecule has 20 heavy (non-hydrogen) atoms. The molecule has 3 rings (SSSR count). The van der Waals surface area contributed by atoms with Gasteiger partial charge in [-0.3, -0.25) is 0 Å². The van der Waals surface area contributed by atoms with Gasteiger partial charge in [0.2, 0.25) is 0 Å². The van der Waals surface area contributed by atoms with Crippen molar-refractivity contribution < 1.29 is 9.50 Å². The Labute approximate surface area is 120 Å². The molecule has 110 valence electrons. The molecule has 2 saturated carbocycles. The first-order chi connectivity index (χ1) is 9.56. The van der Waals surface area contributed by atoms with Crippen LogP contribution in [0, 0.1) is 23.6 Å². The summed E-state index contributed by atoms with van der Waals surface area (Å²) >= 11 is 0. The predicted molar refractivity (Wildman–Crippen MR) is 79.2 cm³/mol. The summed E-state index contributed by atoms with van der Waals surface area (Å²) in [5.74, 6) is 2.22. The number of nitrogens with zero attached hydrogens (tertiary/aromatic N) is 1. The third-order valence-corrected chi connectivity index (χ3v) is 5.24. The number of benzene rings is 1. The van der Waals surface area contributed by atoms with E-state index in [0.29, 0.717) is 17.2 Å². The fourth-order valence-corrected chi connectivity index (χ4v) is 4.31. The maximum absolute atomic E-state index is 14.2. The van der Waals surface area contributed by atoms with E-state index in [4.69, 9.17) is 0 Å². The first-order valence-corrected chi connectivity index (χ1v) is 7.74. The van der Waals surface area contributed by atoms with Crippen LogP contribution in [0.15, 0.2) is 18.2 Å². The van der Waals surface area contributed by atoms with Gasteiger partial charge < -0.3 is 10.0 Å². The number of aliphatic hydroxyl groups excluding tert-OH is 1. The molecule has 2 fully saturated rings. The van der Waals surface area contributed by atoms with E-state index >= 15 is 0 Å². The summed E-state index contributed by atoms with van der Waals surface area (Å²) in [6, 6.07) is 4.98. The monoisotopic (exact) mass is 277 g/mol. The van der Waals surface area contributed by atoms with Gasteiger partial charge in [0.05, 0.1) is 11.8 Å². The van der Waals surface area contributed by atoms with Gasteiger partial charge in [-0.05, 0) is 50.0 Å². The zero-order chi connectivity index (χ0) is 14.3. The number of aliphatic hydroxyl groups is 1. The standard InChI is InChI=1S/C17H24FNO/c1-11(20)15-4-3-5-16(18)17(15)19(2)10-14-9-12-6-7-13(14)8-12/h3-5,11-14,20H,6-10H2,1-2H3/t11-,12?,13?,14?/m1/s1. The quantitative estimate of drug-likeness (QED) is 0.906. The van der Waals surface area contributed by atoms with Crippen LogP contribution in [0.4, 0.5) is 10.1 Å². The number of rotatable bonds is 4. The molecule has 2 bridgehead atoms. The molecule has 3 heteroatoms. The molecular formula is C17H24FNO. The van der Waals surface area contributed by atoms with Gasteiger partial charge in [-0.1, -0.05) is 18.6 Å². The second-order valence-electron chi connectivity index (χ2n) is 6.67. The Morgan fingerprint density at radius 3 is 2.75 bits per heavy atom. The maximum atomic E-state index is 14.2. The molecule has 2 aliphatic carbocycles. The first-order valence-electron chi connectivity index (χ1n) is 7.74. The molecule has 1 aromatic carbocycles. The topological polar surface area (TPSA) is 23.5 Å². The second-order valence-corrected chi connectivity index (χ2v) is 6.67. The Bertz CT molecular complexity index is 488. The Balaban J connectivity index is 1.78. The van der Waals surface area contributed by atoms with Crippen LogP contribution < -0.4 is 4.90 Å². The second kappa shape index (κ2) is 5.36. The van der Waals surface area contributed by atoms with Gasteiger partial charge >= 0.3 is 0 Å². The first kappa shape index (κ1) is 13.9. The summed E-state index contributed by atoms with van der Waals surface area (Å²) < 4.78 is 14.2. The van der Waals surface area contributed by atoms with Gasteiger partial charge in [-0.15, -0.1) is 0 Å². The van der Waals surface area contributed by atoms with Crippen molar-refractivity contribution in [1.82, 2.24) is 0 Å². The molecule has 1 aromatic rings. The van der Waals surface area contributed by atoms with Crippen molar-refractivity contribution in [1.29, 1.82) is 0 Å². The van der Waals surface area contributed by atoms with Gasteiger partial charge in [0.15, 0.2) is 0 Å². The van der Waals surface area contributed by atoms with E-state index in [9.17, 15) is 9.50 Å². The lowest BCUT2D eigenvalue weighted by Gasteiger charge is -2.30. The minimum atomic E-state index is -0.636. The van der Waals surface area contributed by atoms with E-state index in [0.717, 1.165) is 18.4 Å². The highest BCUT2D eigenvalue weighted by molar-refractivity contribution is 5.55. The molecule has 2 aliphatic rings. The highest BCUT2D eigenvalue weighted by atomic mass is 19.1. The zero-order valence-corrected chi connectivity index (χ0v) is 12.3. The highest BCUT2D eigenvalue weighted by Crippen LogP contribution is 2.48. The van der Waals surface area contributed by atoms with E-state index in [1.807, 2.05) is 18.0 Å². The number of hydrogen-bond acceptors (Lipinski definition) is 2. The third kappa shape index (κ3) is 2.44. The minimum Gasteiger partial charge on any atom is -0.389 e. The summed E-state index contributed by atoms with van der Waals surface area (Å²) in [7, 11) is 1.95. The van der Waals surface area contributed by atoms with Gasteiger partial charge in [-0.25, -0.2) is 4.39 Å². The summed E-state index contributed by atoms with van der Waals surface area (Å²) in [5.41, 5.74) is 1.26. The van der Waals surface area contributed by atoms with Gasteiger partial charge in [0.1, 0.15) is 5.82 Å². The van der Waals surface area contributed by atoms with Crippen LogP contribution in [0.2, 0.25) is 0 Å². The predicted octanol–water partition coefficient (Wildman–Crippen LogP) is 3.75. The van der Waals surface area contributed by atoms with Crippen molar-refractivity contribution in [2.75, 3.05) is 18.5 Å². The summed E-state index contributed by atoms with van der Waals surface area (Å²) in [5, 5.41) is 9.85. The third-order valence-electron chi connectivity index (χ3n) is 5.24. The molecule has 0 radical (unpaired) electrons. The zero-order valence-electron chi connectivity index (χ0n) is 12.3. The Hall–Kier alpha value is -1.09. The number of fused-ring (bicyclic) bond motifs is 2.